The standard InChI is InChI=1S/C16H18ClNO2/c1-10(2)12-4-6-13(7-5-12)11(3)18-16(19)14-8-9-15(17)20-14/h4-11H,1-3H3,(H,18,19). The molecular formula is C16H18ClNO2. The lowest BCUT2D eigenvalue weighted by atomic mass is 9.99. The number of amides is 1. The molecule has 3 nitrogen and oxygen atoms in total. The van der Waals surface area contributed by atoms with Crippen molar-refractivity contribution in [3.05, 3.63) is 58.5 Å². The number of carbonyl (C=O) groups excluding carboxylic acids is 1. The highest BCUT2D eigenvalue weighted by Crippen LogP contribution is 2.19. The van der Waals surface area contributed by atoms with E-state index in [2.05, 4.69) is 31.3 Å². The number of nitrogens with one attached hydrogen (secondary N) is 1. The van der Waals surface area contributed by atoms with Crippen LogP contribution in [-0.2, 0) is 0 Å². The first-order chi connectivity index (χ1) is 9.47. The topological polar surface area (TPSA) is 42.2 Å². The largest absolute Gasteiger partial charge is 0.440 e. The van der Waals surface area contributed by atoms with Crippen molar-refractivity contribution in [2.75, 3.05) is 0 Å². The monoisotopic (exact) mass is 291 g/mol. The summed E-state index contributed by atoms with van der Waals surface area (Å²) in [6.45, 7) is 6.24. The first kappa shape index (κ1) is 14.7. The van der Waals surface area contributed by atoms with E-state index >= 15 is 0 Å². The summed E-state index contributed by atoms with van der Waals surface area (Å²) in [6, 6.07) is 11.3. The molecule has 106 valence electrons. The Balaban J connectivity index is 2.04. The molecule has 0 saturated heterocycles. The maximum Gasteiger partial charge on any atom is 0.287 e. The molecule has 0 bridgehead atoms. The van der Waals surface area contributed by atoms with Gasteiger partial charge in [-0.1, -0.05) is 38.1 Å². The van der Waals surface area contributed by atoms with Gasteiger partial charge in [0.2, 0.25) is 0 Å². The van der Waals surface area contributed by atoms with Gasteiger partial charge in [0.05, 0.1) is 6.04 Å². The first-order valence-electron chi connectivity index (χ1n) is 6.63. The fourth-order valence-corrected chi connectivity index (χ4v) is 2.10. The minimum absolute atomic E-state index is 0.0902. The Morgan fingerprint density at radius 1 is 1.05 bits per heavy atom. The maximum absolute atomic E-state index is 12.0. The van der Waals surface area contributed by atoms with Gasteiger partial charge in [-0.3, -0.25) is 4.79 Å². The van der Waals surface area contributed by atoms with Gasteiger partial charge in [0.25, 0.3) is 5.91 Å². The Kier molecular flexibility index (Phi) is 4.50. The fourth-order valence-electron chi connectivity index (χ4n) is 1.96. The van der Waals surface area contributed by atoms with Crippen molar-refractivity contribution in [3.63, 3.8) is 0 Å². The number of furan rings is 1. The van der Waals surface area contributed by atoms with Crippen LogP contribution in [0, 0.1) is 0 Å². The number of hydrogen-bond donors (Lipinski definition) is 1. The van der Waals surface area contributed by atoms with Crippen LogP contribution in [-0.4, -0.2) is 5.91 Å². The summed E-state index contributed by atoms with van der Waals surface area (Å²) in [5.41, 5.74) is 2.34. The highest BCUT2D eigenvalue weighted by Gasteiger charge is 2.14. The van der Waals surface area contributed by atoms with Crippen molar-refractivity contribution in [2.45, 2.75) is 32.7 Å². The van der Waals surface area contributed by atoms with Crippen molar-refractivity contribution in [2.24, 2.45) is 0 Å². The Labute approximate surface area is 123 Å². The summed E-state index contributed by atoms with van der Waals surface area (Å²) in [7, 11) is 0. The summed E-state index contributed by atoms with van der Waals surface area (Å²) >= 11 is 5.66. The lowest BCUT2D eigenvalue weighted by Gasteiger charge is -2.14. The van der Waals surface area contributed by atoms with Gasteiger partial charge in [0.15, 0.2) is 11.0 Å². The van der Waals surface area contributed by atoms with E-state index in [9.17, 15) is 4.79 Å². The minimum Gasteiger partial charge on any atom is -0.440 e. The summed E-state index contributed by atoms with van der Waals surface area (Å²) in [5.74, 6) is 0.456. The quantitative estimate of drug-likeness (QED) is 0.898. The molecule has 0 fully saturated rings. The SMILES string of the molecule is CC(C)c1ccc(C(C)NC(=O)c2ccc(Cl)o2)cc1. The fraction of sp³-hybridized carbons (Fsp3) is 0.312. The molecule has 2 aromatic rings. The van der Waals surface area contributed by atoms with Crippen LogP contribution in [0.2, 0.25) is 5.22 Å². The van der Waals surface area contributed by atoms with Crippen LogP contribution < -0.4 is 5.32 Å². The van der Waals surface area contributed by atoms with Crippen LogP contribution in [0.4, 0.5) is 0 Å². The van der Waals surface area contributed by atoms with Gasteiger partial charge in [-0.05, 0) is 47.7 Å². The number of rotatable bonds is 4. The Morgan fingerprint density at radius 2 is 1.65 bits per heavy atom. The van der Waals surface area contributed by atoms with Gasteiger partial charge in [0, 0.05) is 0 Å². The smallest absolute Gasteiger partial charge is 0.287 e. The number of carbonyl (C=O) groups is 1. The van der Waals surface area contributed by atoms with E-state index in [-0.39, 0.29) is 22.9 Å². The van der Waals surface area contributed by atoms with E-state index in [0.717, 1.165) is 5.56 Å². The van der Waals surface area contributed by atoms with Crippen LogP contribution in [0.1, 0.15) is 54.4 Å². The molecule has 0 aliphatic carbocycles. The zero-order valence-corrected chi connectivity index (χ0v) is 12.6. The van der Waals surface area contributed by atoms with E-state index in [1.807, 2.05) is 19.1 Å². The predicted octanol–water partition coefficient (Wildman–Crippen LogP) is 4.55. The highest BCUT2D eigenvalue weighted by atomic mass is 35.5. The Bertz CT molecular complexity index is 587. The van der Waals surface area contributed by atoms with E-state index in [4.69, 9.17) is 16.0 Å². The maximum atomic E-state index is 12.0. The van der Waals surface area contributed by atoms with Crippen LogP contribution in [0.25, 0.3) is 0 Å². The van der Waals surface area contributed by atoms with Crippen molar-refractivity contribution in [1.29, 1.82) is 0 Å². The lowest BCUT2D eigenvalue weighted by molar-refractivity contribution is 0.0912. The summed E-state index contributed by atoms with van der Waals surface area (Å²) < 4.78 is 5.09. The molecule has 0 radical (unpaired) electrons. The molecule has 0 spiro atoms. The molecule has 2 rings (SSSR count). The van der Waals surface area contributed by atoms with Gasteiger partial charge in [-0.2, -0.15) is 0 Å². The molecule has 4 heteroatoms. The van der Waals surface area contributed by atoms with E-state index in [0.29, 0.717) is 5.92 Å². The number of halogens is 1. The second-order valence-corrected chi connectivity index (χ2v) is 5.49. The third-order valence-electron chi connectivity index (χ3n) is 3.25. The summed E-state index contributed by atoms with van der Waals surface area (Å²) in [6.07, 6.45) is 0. The van der Waals surface area contributed by atoms with Crippen molar-refractivity contribution in [3.8, 4) is 0 Å². The van der Waals surface area contributed by atoms with Crippen LogP contribution in [0.5, 0.6) is 0 Å². The lowest BCUT2D eigenvalue weighted by Crippen LogP contribution is -2.26. The van der Waals surface area contributed by atoms with Crippen molar-refractivity contribution in [1.82, 2.24) is 5.32 Å². The molecule has 0 aliphatic rings. The molecule has 1 heterocycles. The minimum atomic E-state index is -0.266. The summed E-state index contributed by atoms with van der Waals surface area (Å²) in [5, 5.41) is 3.10. The van der Waals surface area contributed by atoms with Gasteiger partial charge < -0.3 is 9.73 Å². The normalized spacial score (nSPS) is 12.4. The molecule has 1 aromatic heterocycles. The van der Waals surface area contributed by atoms with E-state index in [1.54, 1.807) is 12.1 Å². The van der Waals surface area contributed by atoms with Crippen LogP contribution >= 0.6 is 11.6 Å². The van der Waals surface area contributed by atoms with Gasteiger partial charge in [-0.15, -0.1) is 0 Å². The molecule has 20 heavy (non-hydrogen) atoms. The van der Waals surface area contributed by atoms with E-state index < -0.39 is 0 Å². The molecule has 0 saturated carbocycles. The third kappa shape index (κ3) is 3.42. The molecule has 1 aromatic carbocycles. The van der Waals surface area contributed by atoms with Crippen molar-refractivity contribution < 1.29 is 9.21 Å². The zero-order valence-electron chi connectivity index (χ0n) is 11.8. The summed E-state index contributed by atoms with van der Waals surface area (Å²) in [4.78, 5) is 12.0. The average molecular weight is 292 g/mol. The molecule has 1 N–H and O–H groups in total. The van der Waals surface area contributed by atoms with Gasteiger partial charge >= 0.3 is 0 Å². The Hall–Kier alpha value is -1.74. The zero-order chi connectivity index (χ0) is 14.7. The average Bonchev–Trinajstić information content (AvgIpc) is 2.85. The molecule has 1 unspecified atom stereocenters. The highest BCUT2D eigenvalue weighted by molar-refractivity contribution is 6.29. The molecular weight excluding hydrogens is 274 g/mol. The van der Waals surface area contributed by atoms with Crippen LogP contribution in [0.15, 0.2) is 40.8 Å². The second kappa shape index (κ2) is 6.14. The predicted molar refractivity (Wildman–Crippen MR) is 80.1 cm³/mol. The number of benzene rings is 1. The van der Waals surface area contributed by atoms with E-state index in [1.165, 1.54) is 5.56 Å². The molecule has 1 atom stereocenters. The van der Waals surface area contributed by atoms with Gasteiger partial charge in [-0.25, -0.2) is 0 Å². The molecule has 1 amide bonds. The van der Waals surface area contributed by atoms with Gasteiger partial charge in [0.1, 0.15) is 0 Å². The first-order valence-corrected chi connectivity index (χ1v) is 7.01. The Morgan fingerprint density at radius 3 is 2.15 bits per heavy atom. The second-order valence-electron chi connectivity index (χ2n) is 5.12. The van der Waals surface area contributed by atoms with Crippen LogP contribution in [0.3, 0.4) is 0 Å². The van der Waals surface area contributed by atoms with Crippen molar-refractivity contribution >= 4 is 17.5 Å². The third-order valence-corrected chi connectivity index (χ3v) is 3.45. The molecule has 0 aliphatic heterocycles. The number of hydrogen-bond acceptors (Lipinski definition) is 2.